The van der Waals surface area contributed by atoms with Crippen LogP contribution in [-0.2, 0) is 4.74 Å². The number of fused-ring (bicyclic) bond motifs is 1. The minimum Gasteiger partial charge on any atom is -0.373 e. The first kappa shape index (κ1) is 22.2. The zero-order valence-corrected chi connectivity index (χ0v) is 19.7. The van der Waals surface area contributed by atoms with E-state index < -0.39 is 11.6 Å². The summed E-state index contributed by atoms with van der Waals surface area (Å²) in [5.41, 5.74) is 3.87. The molecule has 4 heterocycles. The smallest absolute Gasteiger partial charge is 0.182 e. The first-order valence-corrected chi connectivity index (χ1v) is 12.1. The van der Waals surface area contributed by atoms with Crippen LogP contribution in [-0.4, -0.2) is 36.3 Å². The van der Waals surface area contributed by atoms with Gasteiger partial charge in [0.05, 0.1) is 29.7 Å². The lowest BCUT2D eigenvalue weighted by molar-refractivity contribution is 0.0564. The van der Waals surface area contributed by atoms with E-state index >= 15 is 0 Å². The van der Waals surface area contributed by atoms with Crippen LogP contribution in [0.5, 0.6) is 0 Å². The largest absolute Gasteiger partial charge is 0.373 e. The third-order valence-corrected chi connectivity index (χ3v) is 6.94. The van der Waals surface area contributed by atoms with E-state index in [9.17, 15) is 8.78 Å². The normalized spacial score (nSPS) is 20.8. The van der Waals surface area contributed by atoms with Crippen LogP contribution < -0.4 is 0 Å². The van der Waals surface area contributed by atoms with Gasteiger partial charge in [-0.2, -0.15) is 5.10 Å². The summed E-state index contributed by atoms with van der Waals surface area (Å²) in [4.78, 5) is 18.9. The Kier molecular flexibility index (Phi) is 5.51. The summed E-state index contributed by atoms with van der Waals surface area (Å²) in [6.07, 6.45) is 8.58. The van der Waals surface area contributed by atoms with Crippen LogP contribution in [0.3, 0.4) is 0 Å². The average Bonchev–Trinajstić information content (AvgIpc) is 3.62. The number of hydrogen-bond donors (Lipinski definition) is 0. The van der Waals surface area contributed by atoms with Crippen molar-refractivity contribution >= 4 is 11.2 Å². The topological polar surface area (TPSA) is 78.6 Å². The van der Waals surface area contributed by atoms with Gasteiger partial charge in [0.2, 0.25) is 0 Å². The molecule has 3 aromatic heterocycles. The number of rotatable bonds is 4. The predicted molar refractivity (Wildman–Crippen MR) is 126 cm³/mol. The van der Waals surface area contributed by atoms with Crippen LogP contribution in [0.4, 0.5) is 8.78 Å². The average molecular weight is 477 g/mol. The molecule has 2 aliphatic rings. The van der Waals surface area contributed by atoms with E-state index in [0.717, 1.165) is 30.2 Å². The molecule has 7 nitrogen and oxygen atoms in total. The summed E-state index contributed by atoms with van der Waals surface area (Å²) in [5, 5.41) is 4.53. The molecule has 0 bridgehead atoms. The van der Waals surface area contributed by atoms with Gasteiger partial charge in [-0.3, -0.25) is 4.68 Å². The Balaban J connectivity index is 1.43. The summed E-state index contributed by atoms with van der Waals surface area (Å²) in [6.45, 7) is 4.35. The SMILES string of the molecule is Cc1nc2nc([C@@H]3CCCO[C@H](c4cnn(C5CC5)c4)C3)nc(-c3ccc(F)cc3F)c2nc1C. The van der Waals surface area contributed by atoms with Crippen molar-refractivity contribution in [1.82, 2.24) is 29.7 Å². The van der Waals surface area contributed by atoms with Crippen LogP contribution >= 0.6 is 0 Å². The van der Waals surface area contributed by atoms with Crippen molar-refractivity contribution in [3.8, 4) is 11.3 Å². The molecule has 0 radical (unpaired) electrons. The van der Waals surface area contributed by atoms with E-state index in [0.29, 0.717) is 47.4 Å². The first-order chi connectivity index (χ1) is 17.0. The molecule has 2 fully saturated rings. The Labute approximate surface area is 201 Å². The maximum absolute atomic E-state index is 14.9. The summed E-state index contributed by atoms with van der Waals surface area (Å²) in [6, 6.07) is 4.00. The molecule has 9 heteroatoms. The van der Waals surface area contributed by atoms with Gasteiger partial charge >= 0.3 is 0 Å². The summed E-state index contributed by atoms with van der Waals surface area (Å²) in [5.74, 6) is -0.760. The van der Waals surface area contributed by atoms with Crippen molar-refractivity contribution in [3.05, 3.63) is 65.0 Å². The van der Waals surface area contributed by atoms with Gasteiger partial charge in [0.15, 0.2) is 5.65 Å². The van der Waals surface area contributed by atoms with E-state index in [1.54, 1.807) is 0 Å². The molecule has 1 saturated heterocycles. The molecular weight excluding hydrogens is 450 g/mol. The highest BCUT2D eigenvalue weighted by atomic mass is 19.1. The van der Waals surface area contributed by atoms with E-state index in [1.165, 1.54) is 25.0 Å². The van der Waals surface area contributed by atoms with Gasteiger partial charge in [-0.15, -0.1) is 0 Å². The van der Waals surface area contributed by atoms with Gasteiger partial charge in [0.25, 0.3) is 0 Å². The number of aromatic nitrogens is 6. The fourth-order valence-electron chi connectivity index (χ4n) is 4.71. The Morgan fingerprint density at radius 1 is 1.00 bits per heavy atom. The highest BCUT2D eigenvalue weighted by molar-refractivity contribution is 5.87. The Morgan fingerprint density at radius 2 is 1.83 bits per heavy atom. The molecular formula is C26H26F2N6O. The number of nitrogens with zero attached hydrogens (tertiary/aromatic N) is 6. The van der Waals surface area contributed by atoms with Crippen LogP contribution in [0.25, 0.3) is 22.4 Å². The minimum absolute atomic E-state index is 0.0122. The minimum atomic E-state index is -0.689. The zero-order valence-electron chi connectivity index (χ0n) is 19.7. The standard InChI is InChI=1S/C26H26F2N6O/c1-14-15(2)31-26-24(30-14)23(20-8-5-18(27)11-21(20)28)32-25(33-26)16-4-3-9-35-22(10-16)17-12-29-34(13-17)19-6-7-19/h5,8,11-13,16,19,22H,3-4,6-7,9-10H2,1-2H3/t16-,22+/m1/s1. The van der Waals surface area contributed by atoms with Crippen LogP contribution in [0.2, 0.25) is 0 Å². The highest BCUT2D eigenvalue weighted by Crippen LogP contribution is 2.39. The van der Waals surface area contributed by atoms with Gasteiger partial charge in [0.1, 0.15) is 28.7 Å². The Morgan fingerprint density at radius 3 is 2.63 bits per heavy atom. The van der Waals surface area contributed by atoms with Gasteiger partial charge in [-0.1, -0.05) is 0 Å². The van der Waals surface area contributed by atoms with Crippen molar-refractivity contribution in [2.75, 3.05) is 6.61 Å². The van der Waals surface area contributed by atoms with Crippen LogP contribution in [0.1, 0.15) is 72.9 Å². The molecule has 1 aliphatic heterocycles. The monoisotopic (exact) mass is 476 g/mol. The number of hydrogen-bond acceptors (Lipinski definition) is 6. The molecule has 0 spiro atoms. The maximum Gasteiger partial charge on any atom is 0.182 e. The molecule has 0 N–H and O–H groups in total. The third-order valence-electron chi connectivity index (χ3n) is 6.94. The molecule has 0 unspecified atom stereocenters. The second-order valence-corrected chi connectivity index (χ2v) is 9.54. The molecule has 1 aromatic carbocycles. The number of ether oxygens (including phenoxy) is 1. The predicted octanol–water partition coefficient (Wildman–Crippen LogP) is 5.54. The van der Waals surface area contributed by atoms with Crippen molar-refractivity contribution in [1.29, 1.82) is 0 Å². The maximum atomic E-state index is 14.9. The second-order valence-electron chi connectivity index (χ2n) is 9.54. The highest BCUT2D eigenvalue weighted by Gasteiger charge is 2.30. The van der Waals surface area contributed by atoms with E-state index in [4.69, 9.17) is 14.7 Å². The van der Waals surface area contributed by atoms with E-state index in [2.05, 4.69) is 21.3 Å². The molecule has 0 amide bonds. The second kappa shape index (κ2) is 8.71. The third kappa shape index (κ3) is 4.29. The van der Waals surface area contributed by atoms with Crippen LogP contribution in [0.15, 0.2) is 30.6 Å². The lowest BCUT2D eigenvalue weighted by Crippen LogP contribution is -2.11. The molecule has 2 atom stereocenters. The summed E-state index contributed by atoms with van der Waals surface area (Å²) >= 11 is 0. The van der Waals surface area contributed by atoms with Crippen LogP contribution in [0, 0.1) is 25.5 Å². The van der Waals surface area contributed by atoms with Gasteiger partial charge in [-0.25, -0.2) is 28.7 Å². The molecule has 1 saturated carbocycles. The lowest BCUT2D eigenvalue weighted by Gasteiger charge is -2.19. The van der Waals surface area contributed by atoms with Crippen molar-refractivity contribution in [3.63, 3.8) is 0 Å². The number of halogens is 2. The van der Waals surface area contributed by atoms with Crippen molar-refractivity contribution in [2.45, 2.75) is 64.0 Å². The summed E-state index contributed by atoms with van der Waals surface area (Å²) in [7, 11) is 0. The number of aryl methyl sites for hydroxylation is 2. The fourth-order valence-corrected chi connectivity index (χ4v) is 4.71. The van der Waals surface area contributed by atoms with Gasteiger partial charge in [-0.05, 0) is 58.1 Å². The zero-order chi connectivity index (χ0) is 24.1. The Bertz CT molecular complexity index is 1420. The van der Waals surface area contributed by atoms with Crippen molar-refractivity contribution in [2.24, 2.45) is 0 Å². The first-order valence-electron chi connectivity index (χ1n) is 12.1. The van der Waals surface area contributed by atoms with Gasteiger partial charge < -0.3 is 4.74 Å². The Hall–Kier alpha value is -3.33. The lowest BCUT2D eigenvalue weighted by atomic mass is 9.94. The van der Waals surface area contributed by atoms with Crippen molar-refractivity contribution < 1.29 is 13.5 Å². The van der Waals surface area contributed by atoms with E-state index in [-0.39, 0.29) is 17.6 Å². The molecule has 180 valence electrons. The molecule has 4 aromatic rings. The molecule has 6 rings (SSSR count). The molecule has 35 heavy (non-hydrogen) atoms. The fraction of sp³-hybridized carbons (Fsp3) is 0.423. The molecule has 1 aliphatic carbocycles. The quantitative estimate of drug-likeness (QED) is 0.385. The van der Waals surface area contributed by atoms with E-state index in [1.807, 2.05) is 24.7 Å². The van der Waals surface area contributed by atoms with Gasteiger partial charge in [0, 0.05) is 35.9 Å². The number of benzene rings is 1. The summed E-state index contributed by atoms with van der Waals surface area (Å²) < 4.78 is 36.7.